The quantitative estimate of drug-likeness (QED) is 0.811. The van der Waals surface area contributed by atoms with Crippen LogP contribution < -0.4 is 10.1 Å². The lowest BCUT2D eigenvalue weighted by Gasteiger charge is -2.34. The van der Waals surface area contributed by atoms with Gasteiger partial charge in [-0.3, -0.25) is 9.69 Å². The van der Waals surface area contributed by atoms with Crippen molar-refractivity contribution >= 4 is 11.6 Å². The second kappa shape index (κ2) is 8.89. The molecule has 0 saturated heterocycles. The van der Waals surface area contributed by atoms with E-state index in [1.807, 2.05) is 24.3 Å². The summed E-state index contributed by atoms with van der Waals surface area (Å²) in [5.74, 6) is 0.585. The molecule has 128 valence electrons. The zero-order valence-electron chi connectivity index (χ0n) is 14.1. The number of nitrogens with zero attached hydrogens (tertiary/aromatic N) is 1. The van der Waals surface area contributed by atoms with Crippen molar-refractivity contribution in [3.63, 3.8) is 0 Å². The molecule has 2 rings (SSSR count). The number of hydrogen-bond acceptors (Lipinski definition) is 4. The topological polar surface area (TPSA) is 61.8 Å². The number of amides is 1. The summed E-state index contributed by atoms with van der Waals surface area (Å²) in [5, 5.41) is 12.7. The van der Waals surface area contributed by atoms with Crippen LogP contribution in [0.5, 0.6) is 5.75 Å². The Kier molecular flexibility index (Phi) is 6.86. The van der Waals surface area contributed by atoms with Gasteiger partial charge < -0.3 is 15.2 Å². The number of anilines is 1. The standard InChI is InChI=1S/C18H28N2O3/c1-14(21)12-20(15-8-4-3-5-9-15)13-18(22)19-16-10-6-7-11-17(16)23-2/h6-7,10-11,14-15,21H,3-5,8-9,12-13H2,1-2H3,(H,19,22). The first-order chi connectivity index (χ1) is 11.1. The summed E-state index contributed by atoms with van der Waals surface area (Å²) in [6.07, 6.45) is 5.45. The Bertz CT molecular complexity index is 499. The molecule has 0 aromatic heterocycles. The number of methoxy groups -OCH3 is 1. The minimum atomic E-state index is -0.434. The van der Waals surface area contributed by atoms with Gasteiger partial charge in [0.1, 0.15) is 5.75 Å². The minimum absolute atomic E-state index is 0.0688. The molecule has 0 bridgehead atoms. The summed E-state index contributed by atoms with van der Waals surface area (Å²) in [7, 11) is 1.59. The fourth-order valence-electron chi connectivity index (χ4n) is 3.25. The molecule has 5 heteroatoms. The minimum Gasteiger partial charge on any atom is -0.495 e. The maximum absolute atomic E-state index is 12.4. The van der Waals surface area contributed by atoms with Gasteiger partial charge >= 0.3 is 0 Å². The van der Waals surface area contributed by atoms with Gasteiger partial charge in [-0.25, -0.2) is 0 Å². The van der Waals surface area contributed by atoms with E-state index in [1.165, 1.54) is 19.3 Å². The largest absolute Gasteiger partial charge is 0.495 e. The van der Waals surface area contributed by atoms with Gasteiger partial charge in [-0.2, -0.15) is 0 Å². The van der Waals surface area contributed by atoms with E-state index in [0.717, 1.165) is 12.8 Å². The van der Waals surface area contributed by atoms with Crippen LogP contribution in [-0.4, -0.2) is 48.3 Å². The number of aliphatic hydroxyl groups is 1. The lowest BCUT2D eigenvalue weighted by Crippen LogP contribution is -2.45. The van der Waals surface area contributed by atoms with Crippen LogP contribution in [0.3, 0.4) is 0 Å². The van der Waals surface area contributed by atoms with Crippen molar-refractivity contribution < 1.29 is 14.6 Å². The summed E-state index contributed by atoms with van der Waals surface area (Å²) >= 11 is 0. The van der Waals surface area contributed by atoms with E-state index in [-0.39, 0.29) is 5.91 Å². The lowest BCUT2D eigenvalue weighted by molar-refractivity contribution is -0.118. The fourth-order valence-corrected chi connectivity index (χ4v) is 3.25. The summed E-state index contributed by atoms with van der Waals surface area (Å²) in [5.41, 5.74) is 0.681. The normalized spacial score (nSPS) is 17.0. The highest BCUT2D eigenvalue weighted by molar-refractivity contribution is 5.93. The van der Waals surface area contributed by atoms with Crippen molar-refractivity contribution in [2.75, 3.05) is 25.5 Å². The Morgan fingerprint density at radius 3 is 2.70 bits per heavy atom. The predicted molar refractivity (Wildman–Crippen MR) is 91.8 cm³/mol. The molecule has 5 nitrogen and oxygen atoms in total. The Morgan fingerprint density at radius 1 is 1.35 bits per heavy atom. The molecule has 1 atom stereocenters. The third-order valence-electron chi connectivity index (χ3n) is 4.32. The van der Waals surface area contributed by atoms with Crippen molar-refractivity contribution in [3.05, 3.63) is 24.3 Å². The van der Waals surface area contributed by atoms with Crippen LogP contribution in [0.15, 0.2) is 24.3 Å². The first-order valence-electron chi connectivity index (χ1n) is 8.45. The predicted octanol–water partition coefficient (Wildman–Crippen LogP) is 2.65. The molecule has 1 unspecified atom stereocenters. The molecule has 1 aliphatic rings. The molecule has 23 heavy (non-hydrogen) atoms. The number of benzene rings is 1. The average molecular weight is 320 g/mol. The van der Waals surface area contributed by atoms with Gasteiger partial charge in [0.25, 0.3) is 0 Å². The molecule has 0 heterocycles. The Morgan fingerprint density at radius 2 is 2.04 bits per heavy atom. The molecule has 1 aromatic carbocycles. The van der Waals surface area contributed by atoms with Crippen molar-refractivity contribution in [1.82, 2.24) is 4.90 Å². The van der Waals surface area contributed by atoms with Crippen LogP contribution in [0.1, 0.15) is 39.0 Å². The number of ether oxygens (including phenoxy) is 1. The number of rotatable bonds is 7. The molecule has 1 fully saturated rings. The Balaban J connectivity index is 1.98. The number of para-hydroxylation sites is 2. The molecule has 0 aliphatic heterocycles. The fraction of sp³-hybridized carbons (Fsp3) is 0.611. The Labute approximate surface area is 138 Å². The highest BCUT2D eigenvalue weighted by atomic mass is 16.5. The molecule has 1 aromatic rings. The zero-order chi connectivity index (χ0) is 16.7. The first-order valence-corrected chi connectivity index (χ1v) is 8.45. The van der Waals surface area contributed by atoms with Gasteiger partial charge in [0.2, 0.25) is 5.91 Å². The number of carbonyl (C=O) groups excluding carboxylic acids is 1. The molecule has 2 N–H and O–H groups in total. The van der Waals surface area contributed by atoms with E-state index in [4.69, 9.17) is 4.74 Å². The summed E-state index contributed by atoms with van der Waals surface area (Å²) in [6, 6.07) is 7.78. The monoisotopic (exact) mass is 320 g/mol. The van der Waals surface area contributed by atoms with Gasteiger partial charge in [0.05, 0.1) is 25.4 Å². The van der Waals surface area contributed by atoms with Gasteiger partial charge in [-0.1, -0.05) is 31.4 Å². The maximum atomic E-state index is 12.4. The van der Waals surface area contributed by atoms with Crippen LogP contribution in [0.4, 0.5) is 5.69 Å². The number of nitrogens with one attached hydrogen (secondary N) is 1. The van der Waals surface area contributed by atoms with E-state index in [2.05, 4.69) is 10.2 Å². The maximum Gasteiger partial charge on any atom is 0.238 e. The van der Waals surface area contributed by atoms with Crippen LogP contribution in [-0.2, 0) is 4.79 Å². The SMILES string of the molecule is COc1ccccc1NC(=O)CN(CC(C)O)C1CCCCC1. The smallest absolute Gasteiger partial charge is 0.238 e. The van der Waals surface area contributed by atoms with Crippen LogP contribution in [0.2, 0.25) is 0 Å². The summed E-state index contributed by atoms with van der Waals surface area (Å²) in [4.78, 5) is 14.5. The Hall–Kier alpha value is -1.59. The molecular weight excluding hydrogens is 292 g/mol. The number of hydrogen-bond donors (Lipinski definition) is 2. The van der Waals surface area contributed by atoms with Crippen molar-refractivity contribution in [2.24, 2.45) is 0 Å². The third-order valence-corrected chi connectivity index (χ3v) is 4.32. The van der Waals surface area contributed by atoms with E-state index in [1.54, 1.807) is 14.0 Å². The van der Waals surface area contributed by atoms with E-state index in [9.17, 15) is 9.90 Å². The van der Waals surface area contributed by atoms with E-state index < -0.39 is 6.10 Å². The highest BCUT2D eigenvalue weighted by Crippen LogP contribution is 2.25. The van der Waals surface area contributed by atoms with Gasteiger partial charge in [-0.15, -0.1) is 0 Å². The number of aliphatic hydroxyl groups excluding tert-OH is 1. The zero-order valence-corrected chi connectivity index (χ0v) is 14.1. The second-order valence-electron chi connectivity index (χ2n) is 6.32. The lowest BCUT2D eigenvalue weighted by atomic mass is 9.94. The third kappa shape index (κ3) is 5.52. The summed E-state index contributed by atoms with van der Waals surface area (Å²) in [6.45, 7) is 2.60. The number of carbonyl (C=O) groups is 1. The van der Waals surface area contributed by atoms with Crippen LogP contribution >= 0.6 is 0 Å². The molecule has 1 aliphatic carbocycles. The van der Waals surface area contributed by atoms with Crippen LogP contribution in [0.25, 0.3) is 0 Å². The molecule has 1 saturated carbocycles. The highest BCUT2D eigenvalue weighted by Gasteiger charge is 2.24. The average Bonchev–Trinajstić information content (AvgIpc) is 2.55. The molecule has 0 spiro atoms. The second-order valence-corrected chi connectivity index (χ2v) is 6.32. The van der Waals surface area contributed by atoms with Gasteiger partial charge in [-0.05, 0) is 31.9 Å². The van der Waals surface area contributed by atoms with E-state index >= 15 is 0 Å². The molecule has 1 amide bonds. The van der Waals surface area contributed by atoms with Crippen molar-refractivity contribution in [3.8, 4) is 5.75 Å². The van der Waals surface area contributed by atoms with Gasteiger partial charge in [0, 0.05) is 12.6 Å². The van der Waals surface area contributed by atoms with Crippen molar-refractivity contribution in [1.29, 1.82) is 0 Å². The van der Waals surface area contributed by atoms with E-state index in [0.29, 0.717) is 30.6 Å². The van der Waals surface area contributed by atoms with Crippen molar-refractivity contribution in [2.45, 2.75) is 51.2 Å². The van der Waals surface area contributed by atoms with Gasteiger partial charge in [0.15, 0.2) is 0 Å². The summed E-state index contributed by atoms with van der Waals surface area (Å²) < 4.78 is 5.26. The molecule has 0 radical (unpaired) electrons. The molecular formula is C18H28N2O3. The van der Waals surface area contributed by atoms with Crippen LogP contribution in [0, 0.1) is 0 Å². The first kappa shape index (κ1) is 17.8.